The summed E-state index contributed by atoms with van der Waals surface area (Å²) in [5.41, 5.74) is 2.01. The molecule has 2 aromatic carbocycles. The fourth-order valence-corrected chi connectivity index (χ4v) is 2.03. The Morgan fingerprint density at radius 2 is 1.79 bits per heavy atom. The summed E-state index contributed by atoms with van der Waals surface area (Å²) in [7, 11) is 1.70. The topological polar surface area (TPSA) is 91.2 Å². The van der Waals surface area contributed by atoms with Gasteiger partial charge in [0, 0.05) is 18.4 Å². The lowest BCUT2D eigenvalue weighted by molar-refractivity contribution is -0.123. The summed E-state index contributed by atoms with van der Waals surface area (Å²) in [6.07, 6.45) is -0.960. The third-order valence-electron chi connectivity index (χ3n) is 3.35. The first-order valence-corrected chi connectivity index (χ1v) is 7.34. The maximum atomic E-state index is 12.2. The molecule has 2 aromatic rings. The highest BCUT2D eigenvalue weighted by atomic mass is 16.5. The number of amides is 1. The second-order valence-electron chi connectivity index (χ2n) is 5.02. The molecule has 0 aliphatic heterocycles. The smallest absolute Gasteiger partial charge is 0.341 e. The number of hydrogen-bond donors (Lipinski definition) is 2. The van der Waals surface area contributed by atoms with Crippen LogP contribution < -0.4 is 10.6 Å². The van der Waals surface area contributed by atoms with Crippen molar-refractivity contribution in [3.63, 3.8) is 0 Å². The molecule has 2 rings (SSSR count). The Morgan fingerprint density at radius 3 is 2.42 bits per heavy atom. The molecular weight excluding hydrogens is 306 g/mol. The normalized spacial score (nSPS) is 11.0. The Balaban J connectivity index is 2.00. The fraction of sp³-hybridized carbons (Fsp3) is 0.167. The number of ether oxygens (including phenoxy) is 1. The molecule has 122 valence electrons. The number of anilines is 2. The third-order valence-corrected chi connectivity index (χ3v) is 3.35. The van der Waals surface area contributed by atoms with E-state index in [1.807, 2.05) is 6.07 Å². The van der Waals surface area contributed by atoms with E-state index in [4.69, 9.17) is 10.00 Å². The number of benzene rings is 2. The minimum absolute atomic E-state index is 0.359. The van der Waals surface area contributed by atoms with Gasteiger partial charge in [-0.2, -0.15) is 5.26 Å². The van der Waals surface area contributed by atoms with E-state index in [1.54, 1.807) is 55.6 Å². The average Bonchev–Trinajstić information content (AvgIpc) is 2.62. The van der Waals surface area contributed by atoms with Gasteiger partial charge in [-0.3, -0.25) is 4.79 Å². The van der Waals surface area contributed by atoms with Crippen LogP contribution in [0.3, 0.4) is 0 Å². The van der Waals surface area contributed by atoms with E-state index >= 15 is 0 Å². The second-order valence-corrected chi connectivity index (χ2v) is 5.02. The molecule has 0 bridgehead atoms. The molecule has 2 N–H and O–H groups in total. The van der Waals surface area contributed by atoms with Gasteiger partial charge in [-0.05, 0) is 43.3 Å². The predicted octanol–water partition coefficient (Wildman–Crippen LogP) is 2.78. The molecular formula is C18H17N3O3. The van der Waals surface area contributed by atoms with Crippen LogP contribution in [0.5, 0.6) is 0 Å². The Kier molecular flexibility index (Phi) is 5.53. The van der Waals surface area contributed by atoms with Crippen molar-refractivity contribution in [2.75, 3.05) is 17.7 Å². The van der Waals surface area contributed by atoms with Crippen LogP contribution in [0.15, 0.2) is 48.5 Å². The monoisotopic (exact) mass is 323 g/mol. The van der Waals surface area contributed by atoms with Crippen LogP contribution in [-0.2, 0) is 9.53 Å². The van der Waals surface area contributed by atoms with Crippen molar-refractivity contribution in [2.45, 2.75) is 13.0 Å². The zero-order valence-electron chi connectivity index (χ0n) is 13.4. The van der Waals surface area contributed by atoms with E-state index in [2.05, 4.69) is 10.6 Å². The molecule has 0 spiro atoms. The van der Waals surface area contributed by atoms with Crippen molar-refractivity contribution in [2.24, 2.45) is 0 Å². The number of nitrogens with one attached hydrogen (secondary N) is 2. The van der Waals surface area contributed by atoms with Gasteiger partial charge in [-0.1, -0.05) is 12.1 Å². The zero-order chi connectivity index (χ0) is 17.5. The van der Waals surface area contributed by atoms with E-state index < -0.39 is 18.0 Å². The fourth-order valence-electron chi connectivity index (χ4n) is 2.03. The highest BCUT2D eigenvalue weighted by Gasteiger charge is 2.20. The van der Waals surface area contributed by atoms with E-state index in [9.17, 15) is 9.59 Å². The van der Waals surface area contributed by atoms with E-state index in [1.165, 1.54) is 6.92 Å². The van der Waals surface area contributed by atoms with Crippen LogP contribution in [0.1, 0.15) is 22.8 Å². The highest BCUT2D eigenvalue weighted by molar-refractivity contribution is 5.99. The van der Waals surface area contributed by atoms with Crippen LogP contribution in [0.25, 0.3) is 0 Å². The first-order chi connectivity index (χ1) is 11.5. The van der Waals surface area contributed by atoms with Gasteiger partial charge in [-0.15, -0.1) is 0 Å². The zero-order valence-corrected chi connectivity index (χ0v) is 13.4. The van der Waals surface area contributed by atoms with Crippen molar-refractivity contribution < 1.29 is 14.3 Å². The number of nitriles is 1. The summed E-state index contributed by atoms with van der Waals surface area (Å²) in [5, 5.41) is 14.3. The molecule has 0 aromatic heterocycles. The molecule has 0 saturated heterocycles. The minimum atomic E-state index is -0.960. The van der Waals surface area contributed by atoms with Crippen molar-refractivity contribution >= 4 is 23.3 Å². The average molecular weight is 323 g/mol. The molecule has 0 heterocycles. The first kappa shape index (κ1) is 17.0. The van der Waals surface area contributed by atoms with Crippen LogP contribution >= 0.6 is 0 Å². The lowest BCUT2D eigenvalue weighted by Crippen LogP contribution is -2.30. The van der Waals surface area contributed by atoms with Crippen LogP contribution in [0, 0.1) is 11.3 Å². The quantitative estimate of drug-likeness (QED) is 0.826. The lowest BCUT2D eigenvalue weighted by Gasteiger charge is -2.15. The van der Waals surface area contributed by atoms with Crippen molar-refractivity contribution in [3.8, 4) is 6.07 Å². The number of rotatable bonds is 5. The Bertz CT molecular complexity index is 779. The molecule has 0 fully saturated rings. The summed E-state index contributed by atoms with van der Waals surface area (Å²) >= 11 is 0. The summed E-state index contributed by atoms with van der Waals surface area (Å²) in [6, 6.07) is 15.3. The summed E-state index contributed by atoms with van der Waals surface area (Å²) in [6.45, 7) is 1.50. The molecule has 24 heavy (non-hydrogen) atoms. The maximum absolute atomic E-state index is 12.2. The molecule has 1 amide bonds. The Labute approximate surface area is 140 Å². The minimum Gasteiger partial charge on any atom is -0.449 e. The van der Waals surface area contributed by atoms with E-state index in [0.717, 1.165) is 0 Å². The second kappa shape index (κ2) is 7.79. The summed E-state index contributed by atoms with van der Waals surface area (Å²) in [4.78, 5) is 24.3. The largest absolute Gasteiger partial charge is 0.449 e. The first-order valence-electron chi connectivity index (χ1n) is 7.34. The maximum Gasteiger partial charge on any atom is 0.341 e. The Hall–Kier alpha value is -3.33. The van der Waals surface area contributed by atoms with Gasteiger partial charge in [0.25, 0.3) is 5.91 Å². The molecule has 0 aliphatic rings. The number of para-hydroxylation sites is 1. The highest BCUT2D eigenvalue weighted by Crippen LogP contribution is 2.16. The predicted molar refractivity (Wildman–Crippen MR) is 90.7 cm³/mol. The van der Waals surface area contributed by atoms with Gasteiger partial charge in [0.2, 0.25) is 0 Å². The lowest BCUT2D eigenvalue weighted by atomic mass is 10.2. The standard InChI is InChI=1S/C18H17N3O3/c1-12(17(22)21-14-9-7-13(11-19)8-10-14)24-18(23)15-5-3-4-6-16(15)20-2/h3-10,12,20H,1-2H3,(H,21,22)/t12-/m0/s1. The van der Waals surface area contributed by atoms with Crippen LogP contribution in [0.4, 0.5) is 11.4 Å². The van der Waals surface area contributed by atoms with Crippen molar-refractivity contribution in [1.29, 1.82) is 5.26 Å². The summed E-state index contributed by atoms with van der Waals surface area (Å²) in [5.74, 6) is -1.03. The number of esters is 1. The van der Waals surface area contributed by atoms with Crippen molar-refractivity contribution in [1.82, 2.24) is 0 Å². The SMILES string of the molecule is CNc1ccccc1C(=O)O[C@@H](C)C(=O)Nc1ccc(C#N)cc1. The molecule has 0 aliphatic carbocycles. The van der Waals surface area contributed by atoms with Gasteiger partial charge in [-0.25, -0.2) is 4.79 Å². The number of hydrogen-bond acceptors (Lipinski definition) is 5. The molecule has 6 nitrogen and oxygen atoms in total. The molecule has 0 saturated carbocycles. The van der Waals surface area contributed by atoms with Crippen LogP contribution in [-0.4, -0.2) is 25.0 Å². The molecule has 6 heteroatoms. The van der Waals surface area contributed by atoms with Crippen LogP contribution in [0.2, 0.25) is 0 Å². The van der Waals surface area contributed by atoms with E-state index in [0.29, 0.717) is 22.5 Å². The van der Waals surface area contributed by atoms with Gasteiger partial charge < -0.3 is 15.4 Å². The molecule has 0 unspecified atom stereocenters. The number of nitrogens with zero attached hydrogens (tertiary/aromatic N) is 1. The molecule has 1 atom stereocenters. The molecule has 0 radical (unpaired) electrons. The van der Waals surface area contributed by atoms with Gasteiger partial charge in [0.05, 0.1) is 17.2 Å². The third kappa shape index (κ3) is 4.11. The van der Waals surface area contributed by atoms with Gasteiger partial charge in [0.15, 0.2) is 6.10 Å². The number of carbonyl (C=O) groups is 2. The van der Waals surface area contributed by atoms with E-state index in [-0.39, 0.29) is 0 Å². The van der Waals surface area contributed by atoms with Gasteiger partial charge >= 0.3 is 5.97 Å². The van der Waals surface area contributed by atoms with Gasteiger partial charge in [0.1, 0.15) is 0 Å². The summed E-state index contributed by atoms with van der Waals surface area (Å²) < 4.78 is 5.21. The number of carbonyl (C=O) groups excluding carboxylic acids is 2. The Morgan fingerprint density at radius 1 is 1.12 bits per heavy atom. The van der Waals surface area contributed by atoms with Crippen molar-refractivity contribution in [3.05, 3.63) is 59.7 Å².